The highest BCUT2D eigenvalue weighted by molar-refractivity contribution is 5.78. The minimum Gasteiger partial charge on any atom is -0.496 e. The first-order valence-electron chi connectivity index (χ1n) is 7.87. The summed E-state index contributed by atoms with van der Waals surface area (Å²) >= 11 is 0. The van der Waals surface area contributed by atoms with Crippen LogP contribution in [0.4, 0.5) is 0 Å². The van der Waals surface area contributed by atoms with Crippen LogP contribution in [-0.4, -0.2) is 24.5 Å². The molecule has 5 heteroatoms. The predicted octanol–water partition coefficient (Wildman–Crippen LogP) is 3.36. The van der Waals surface area contributed by atoms with Gasteiger partial charge in [-0.1, -0.05) is 26.0 Å². The number of nitrogens with zero attached hydrogens (tertiary/aromatic N) is 1. The van der Waals surface area contributed by atoms with Gasteiger partial charge in [-0.3, -0.25) is 4.79 Å². The Balaban J connectivity index is 2.08. The molecule has 1 aromatic heterocycles. The van der Waals surface area contributed by atoms with Gasteiger partial charge in [-0.05, 0) is 31.4 Å². The van der Waals surface area contributed by atoms with Gasteiger partial charge < -0.3 is 14.5 Å². The van der Waals surface area contributed by atoms with Crippen LogP contribution in [-0.2, 0) is 11.2 Å². The molecule has 0 atom stereocenters. The molecule has 23 heavy (non-hydrogen) atoms. The summed E-state index contributed by atoms with van der Waals surface area (Å²) in [6.07, 6.45) is 1.19. The summed E-state index contributed by atoms with van der Waals surface area (Å²) < 4.78 is 11.0. The Morgan fingerprint density at radius 1 is 1.35 bits per heavy atom. The maximum atomic E-state index is 12.0. The number of rotatable bonds is 7. The van der Waals surface area contributed by atoms with Gasteiger partial charge in [0.1, 0.15) is 11.5 Å². The zero-order chi connectivity index (χ0) is 16.8. The monoisotopic (exact) mass is 316 g/mol. The summed E-state index contributed by atoms with van der Waals surface area (Å²) in [5.74, 6) is 2.37. The number of amides is 1. The first-order valence-corrected chi connectivity index (χ1v) is 7.87. The number of benzene rings is 1. The molecule has 0 aliphatic carbocycles. The molecule has 0 unspecified atom stereocenters. The molecular weight excluding hydrogens is 292 g/mol. The van der Waals surface area contributed by atoms with Crippen molar-refractivity contribution < 1.29 is 13.9 Å². The quantitative estimate of drug-likeness (QED) is 0.850. The van der Waals surface area contributed by atoms with E-state index in [2.05, 4.69) is 24.1 Å². The molecule has 2 aromatic rings. The first kappa shape index (κ1) is 17.1. The summed E-state index contributed by atoms with van der Waals surface area (Å²) in [4.78, 5) is 16.5. The first-order chi connectivity index (χ1) is 11.0. The van der Waals surface area contributed by atoms with Gasteiger partial charge in [0, 0.05) is 6.54 Å². The molecular formula is C18H24N2O3. The lowest BCUT2D eigenvalue weighted by molar-refractivity contribution is -0.120. The van der Waals surface area contributed by atoms with Crippen molar-refractivity contribution in [1.29, 1.82) is 0 Å². The Kier molecular flexibility index (Phi) is 5.79. The minimum absolute atomic E-state index is 0.0337. The summed E-state index contributed by atoms with van der Waals surface area (Å²) in [5.41, 5.74) is 1.44. The van der Waals surface area contributed by atoms with E-state index in [4.69, 9.17) is 9.15 Å². The van der Waals surface area contributed by atoms with E-state index in [1.165, 1.54) is 0 Å². The molecule has 0 saturated carbocycles. The van der Waals surface area contributed by atoms with Gasteiger partial charge in [0.05, 0.1) is 24.8 Å². The average molecular weight is 316 g/mol. The van der Waals surface area contributed by atoms with Gasteiger partial charge >= 0.3 is 0 Å². The van der Waals surface area contributed by atoms with E-state index in [-0.39, 0.29) is 12.3 Å². The lowest BCUT2D eigenvalue weighted by Gasteiger charge is -2.06. The molecule has 1 amide bonds. The van der Waals surface area contributed by atoms with Crippen molar-refractivity contribution in [2.75, 3.05) is 13.7 Å². The number of nitrogens with one attached hydrogen (secondary N) is 1. The highest BCUT2D eigenvalue weighted by atomic mass is 16.5. The highest BCUT2D eigenvalue weighted by Gasteiger charge is 2.16. The Morgan fingerprint density at radius 3 is 2.78 bits per heavy atom. The minimum atomic E-state index is -0.0337. The van der Waals surface area contributed by atoms with E-state index in [0.29, 0.717) is 35.6 Å². The number of aryl methyl sites for hydroxylation is 1. The molecule has 0 bridgehead atoms. The van der Waals surface area contributed by atoms with Crippen LogP contribution in [0.2, 0.25) is 0 Å². The van der Waals surface area contributed by atoms with E-state index < -0.39 is 0 Å². The van der Waals surface area contributed by atoms with Gasteiger partial charge in [-0.2, -0.15) is 0 Å². The Labute approximate surface area is 137 Å². The second-order valence-electron chi connectivity index (χ2n) is 5.93. The molecule has 0 radical (unpaired) electrons. The third-order valence-corrected chi connectivity index (χ3v) is 3.60. The average Bonchev–Trinajstić information content (AvgIpc) is 2.87. The predicted molar refractivity (Wildman–Crippen MR) is 89.4 cm³/mol. The second-order valence-corrected chi connectivity index (χ2v) is 5.93. The number of carbonyl (C=O) groups is 1. The van der Waals surface area contributed by atoms with Crippen molar-refractivity contribution in [3.05, 3.63) is 35.7 Å². The van der Waals surface area contributed by atoms with Crippen LogP contribution in [0.1, 0.15) is 31.7 Å². The smallest absolute Gasteiger partial charge is 0.230 e. The summed E-state index contributed by atoms with van der Waals surface area (Å²) in [6.45, 7) is 6.77. The van der Waals surface area contributed by atoms with Crippen molar-refractivity contribution in [2.45, 2.75) is 33.6 Å². The van der Waals surface area contributed by atoms with E-state index >= 15 is 0 Å². The highest BCUT2D eigenvalue weighted by Crippen LogP contribution is 2.30. The zero-order valence-corrected chi connectivity index (χ0v) is 14.2. The molecule has 124 valence electrons. The van der Waals surface area contributed by atoms with Crippen LogP contribution >= 0.6 is 0 Å². The van der Waals surface area contributed by atoms with E-state index in [9.17, 15) is 4.79 Å². The zero-order valence-electron chi connectivity index (χ0n) is 14.2. The van der Waals surface area contributed by atoms with Gasteiger partial charge in [-0.25, -0.2) is 4.98 Å². The topological polar surface area (TPSA) is 64.4 Å². The third-order valence-electron chi connectivity index (χ3n) is 3.60. The van der Waals surface area contributed by atoms with E-state index in [1.54, 1.807) is 7.11 Å². The third kappa shape index (κ3) is 4.58. The summed E-state index contributed by atoms with van der Waals surface area (Å²) in [5, 5.41) is 2.92. The molecule has 0 spiro atoms. The maximum Gasteiger partial charge on any atom is 0.230 e. The molecule has 1 heterocycles. The number of oxazole rings is 1. The van der Waals surface area contributed by atoms with Gasteiger partial charge in [0.2, 0.25) is 11.8 Å². The van der Waals surface area contributed by atoms with Crippen LogP contribution in [0.25, 0.3) is 11.5 Å². The van der Waals surface area contributed by atoms with Crippen molar-refractivity contribution in [3.8, 4) is 17.2 Å². The van der Waals surface area contributed by atoms with E-state index in [1.807, 2.05) is 31.2 Å². The Bertz CT molecular complexity index is 662. The van der Waals surface area contributed by atoms with Crippen LogP contribution in [0.5, 0.6) is 5.75 Å². The summed E-state index contributed by atoms with van der Waals surface area (Å²) in [6, 6.07) is 7.53. The normalized spacial score (nSPS) is 10.8. The molecule has 5 nitrogen and oxygen atoms in total. The van der Waals surface area contributed by atoms with Crippen LogP contribution in [0, 0.1) is 12.8 Å². The largest absolute Gasteiger partial charge is 0.496 e. The maximum absolute atomic E-state index is 12.0. The standard InChI is InChI=1S/C18H24N2O3/c1-12(2)9-10-19-17(21)11-15-13(3)23-18(20-15)14-7-5-6-8-16(14)22-4/h5-8,12H,9-11H2,1-4H3,(H,19,21). The van der Waals surface area contributed by atoms with E-state index in [0.717, 1.165) is 12.0 Å². The fourth-order valence-electron chi connectivity index (χ4n) is 2.24. The number of para-hydroxylation sites is 1. The number of methoxy groups -OCH3 is 1. The van der Waals surface area contributed by atoms with Crippen LogP contribution in [0.3, 0.4) is 0 Å². The van der Waals surface area contributed by atoms with Crippen LogP contribution in [0.15, 0.2) is 28.7 Å². The van der Waals surface area contributed by atoms with Gasteiger partial charge in [0.25, 0.3) is 0 Å². The van der Waals surface area contributed by atoms with Gasteiger partial charge in [0.15, 0.2) is 0 Å². The lowest BCUT2D eigenvalue weighted by atomic mass is 10.1. The second kappa shape index (κ2) is 7.81. The molecule has 0 fully saturated rings. The molecule has 0 aliphatic heterocycles. The molecule has 1 aromatic carbocycles. The molecule has 0 saturated heterocycles. The number of ether oxygens (including phenoxy) is 1. The SMILES string of the molecule is COc1ccccc1-c1nc(CC(=O)NCCC(C)C)c(C)o1. The molecule has 2 rings (SSSR count). The number of carbonyl (C=O) groups excluding carboxylic acids is 1. The lowest BCUT2D eigenvalue weighted by Crippen LogP contribution is -2.27. The van der Waals surface area contributed by atoms with Crippen LogP contribution < -0.4 is 10.1 Å². The van der Waals surface area contributed by atoms with Crippen molar-refractivity contribution >= 4 is 5.91 Å². The van der Waals surface area contributed by atoms with Crippen molar-refractivity contribution in [1.82, 2.24) is 10.3 Å². The Hall–Kier alpha value is -2.30. The number of hydrogen-bond donors (Lipinski definition) is 1. The number of aromatic nitrogens is 1. The van der Waals surface area contributed by atoms with Crippen molar-refractivity contribution in [2.24, 2.45) is 5.92 Å². The summed E-state index contributed by atoms with van der Waals surface area (Å²) in [7, 11) is 1.61. The Morgan fingerprint density at radius 2 is 2.09 bits per heavy atom. The fraction of sp³-hybridized carbons (Fsp3) is 0.444. The van der Waals surface area contributed by atoms with Crippen molar-refractivity contribution in [3.63, 3.8) is 0 Å². The molecule has 1 N–H and O–H groups in total. The fourth-order valence-corrected chi connectivity index (χ4v) is 2.24. The van der Waals surface area contributed by atoms with Gasteiger partial charge in [-0.15, -0.1) is 0 Å². The molecule has 0 aliphatic rings. The number of hydrogen-bond acceptors (Lipinski definition) is 4.